The summed E-state index contributed by atoms with van der Waals surface area (Å²) in [5, 5.41) is 8.95. The molecular formula is C13H9N3OS. The summed E-state index contributed by atoms with van der Waals surface area (Å²) in [5.41, 5.74) is 1.46. The van der Waals surface area contributed by atoms with Crippen LogP contribution in [0, 0.1) is 0 Å². The fourth-order valence-corrected chi connectivity index (χ4v) is 2.57. The molecule has 0 saturated heterocycles. The summed E-state index contributed by atoms with van der Waals surface area (Å²) >= 11 is 1.43. The molecule has 0 aliphatic heterocycles. The molecule has 0 fully saturated rings. The fourth-order valence-electron chi connectivity index (χ4n) is 1.66. The lowest BCUT2D eigenvalue weighted by Crippen LogP contribution is -1.88. The molecule has 0 unspecified atom stereocenters. The van der Waals surface area contributed by atoms with Gasteiger partial charge in [-0.3, -0.25) is 9.20 Å². The van der Waals surface area contributed by atoms with E-state index in [0.29, 0.717) is 5.56 Å². The van der Waals surface area contributed by atoms with Gasteiger partial charge in [0.2, 0.25) is 0 Å². The average molecular weight is 255 g/mol. The minimum Gasteiger partial charge on any atom is -0.298 e. The third kappa shape index (κ3) is 1.89. The SMILES string of the molecule is O=Cc1ccccc1Sc1nnc2ccccn12. The molecule has 0 atom stereocenters. The number of rotatable bonds is 3. The van der Waals surface area contributed by atoms with Gasteiger partial charge in [0.05, 0.1) is 0 Å². The van der Waals surface area contributed by atoms with E-state index in [1.54, 1.807) is 6.07 Å². The predicted octanol–water partition coefficient (Wildman–Crippen LogP) is 2.69. The molecule has 0 bridgehead atoms. The van der Waals surface area contributed by atoms with E-state index in [9.17, 15) is 4.79 Å². The van der Waals surface area contributed by atoms with Crippen molar-refractivity contribution in [3.8, 4) is 0 Å². The molecule has 3 aromatic rings. The monoisotopic (exact) mass is 255 g/mol. The lowest BCUT2D eigenvalue weighted by molar-refractivity contribution is 0.112. The van der Waals surface area contributed by atoms with Crippen LogP contribution < -0.4 is 0 Å². The number of hydrogen-bond acceptors (Lipinski definition) is 4. The number of aromatic nitrogens is 3. The van der Waals surface area contributed by atoms with Gasteiger partial charge in [-0.25, -0.2) is 0 Å². The molecule has 0 saturated carbocycles. The minimum absolute atomic E-state index is 0.662. The highest BCUT2D eigenvalue weighted by atomic mass is 32.2. The first kappa shape index (κ1) is 11.0. The first-order valence-electron chi connectivity index (χ1n) is 5.40. The van der Waals surface area contributed by atoms with Crippen LogP contribution in [0.2, 0.25) is 0 Å². The van der Waals surface area contributed by atoms with Crippen LogP contribution in [-0.4, -0.2) is 20.9 Å². The quantitative estimate of drug-likeness (QED) is 0.675. The Bertz CT molecular complexity index is 708. The number of hydrogen-bond donors (Lipinski definition) is 0. The summed E-state index contributed by atoms with van der Waals surface area (Å²) in [7, 11) is 0. The largest absolute Gasteiger partial charge is 0.298 e. The molecule has 5 heteroatoms. The van der Waals surface area contributed by atoms with E-state index < -0.39 is 0 Å². The van der Waals surface area contributed by atoms with Gasteiger partial charge >= 0.3 is 0 Å². The number of carbonyl (C=O) groups excluding carboxylic acids is 1. The summed E-state index contributed by atoms with van der Waals surface area (Å²) in [6.45, 7) is 0. The van der Waals surface area contributed by atoms with Crippen molar-refractivity contribution >= 4 is 23.7 Å². The van der Waals surface area contributed by atoms with Gasteiger partial charge in [-0.15, -0.1) is 10.2 Å². The first-order chi connectivity index (χ1) is 8.88. The highest BCUT2D eigenvalue weighted by Crippen LogP contribution is 2.28. The molecule has 2 aromatic heterocycles. The van der Waals surface area contributed by atoms with Crippen molar-refractivity contribution in [2.75, 3.05) is 0 Å². The zero-order chi connectivity index (χ0) is 12.4. The van der Waals surface area contributed by atoms with Gasteiger partial charge in [-0.1, -0.05) is 24.3 Å². The number of pyridine rings is 1. The van der Waals surface area contributed by atoms with E-state index in [1.165, 1.54) is 11.8 Å². The van der Waals surface area contributed by atoms with Crippen LogP contribution in [0.5, 0.6) is 0 Å². The minimum atomic E-state index is 0.662. The van der Waals surface area contributed by atoms with Crippen molar-refractivity contribution in [1.82, 2.24) is 14.6 Å². The Kier molecular flexibility index (Phi) is 2.82. The van der Waals surface area contributed by atoms with Crippen LogP contribution in [0.25, 0.3) is 5.65 Å². The average Bonchev–Trinajstić information content (AvgIpc) is 2.83. The highest BCUT2D eigenvalue weighted by molar-refractivity contribution is 7.99. The van der Waals surface area contributed by atoms with Gasteiger partial charge in [0.15, 0.2) is 17.1 Å². The number of carbonyl (C=O) groups is 1. The van der Waals surface area contributed by atoms with Gasteiger partial charge in [0.25, 0.3) is 0 Å². The number of benzene rings is 1. The number of nitrogens with zero attached hydrogens (tertiary/aromatic N) is 3. The van der Waals surface area contributed by atoms with E-state index in [0.717, 1.165) is 22.0 Å². The Labute approximate surface area is 108 Å². The van der Waals surface area contributed by atoms with Gasteiger partial charge in [-0.2, -0.15) is 0 Å². The summed E-state index contributed by atoms with van der Waals surface area (Å²) in [6.07, 6.45) is 2.76. The van der Waals surface area contributed by atoms with Gasteiger partial charge in [0, 0.05) is 16.7 Å². The summed E-state index contributed by atoms with van der Waals surface area (Å²) < 4.78 is 1.90. The van der Waals surface area contributed by atoms with Crippen LogP contribution in [-0.2, 0) is 0 Å². The van der Waals surface area contributed by atoms with Crippen molar-refractivity contribution in [3.63, 3.8) is 0 Å². The molecule has 0 spiro atoms. The van der Waals surface area contributed by atoms with E-state index in [1.807, 2.05) is 47.0 Å². The molecule has 3 rings (SSSR count). The zero-order valence-electron chi connectivity index (χ0n) is 9.35. The maximum atomic E-state index is 11.0. The van der Waals surface area contributed by atoms with E-state index in [2.05, 4.69) is 10.2 Å². The van der Waals surface area contributed by atoms with Crippen molar-refractivity contribution < 1.29 is 4.79 Å². The molecule has 0 aliphatic carbocycles. The zero-order valence-corrected chi connectivity index (χ0v) is 10.2. The van der Waals surface area contributed by atoms with Crippen LogP contribution in [0.3, 0.4) is 0 Å². The van der Waals surface area contributed by atoms with Crippen LogP contribution in [0.1, 0.15) is 10.4 Å². The fraction of sp³-hybridized carbons (Fsp3) is 0. The van der Waals surface area contributed by atoms with Crippen LogP contribution in [0.15, 0.2) is 58.7 Å². The maximum Gasteiger partial charge on any atom is 0.200 e. The molecule has 0 aliphatic rings. The topological polar surface area (TPSA) is 47.3 Å². The molecule has 88 valence electrons. The van der Waals surface area contributed by atoms with E-state index in [4.69, 9.17) is 0 Å². The van der Waals surface area contributed by atoms with Crippen molar-refractivity contribution in [2.45, 2.75) is 10.1 Å². The van der Waals surface area contributed by atoms with Gasteiger partial charge in [0.1, 0.15) is 0 Å². The molecule has 4 nitrogen and oxygen atoms in total. The predicted molar refractivity (Wildman–Crippen MR) is 68.9 cm³/mol. The summed E-state index contributed by atoms with van der Waals surface area (Å²) in [5.74, 6) is 0. The third-order valence-corrected chi connectivity index (χ3v) is 3.58. The molecule has 2 heterocycles. The Hall–Kier alpha value is -2.14. The van der Waals surface area contributed by atoms with Gasteiger partial charge < -0.3 is 0 Å². The second-order valence-electron chi connectivity index (χ2n) is 3.67. The van der Waals surface area contributed by atoms with Crippen LogP contribution in [0.4, 0.5) is 0 Å². The van der Waals surface area contributed by atoms with Crippen molar-refractivity contribution in [1.29, 1.82) is 0 Å². The molecule has 0 N–H and O–H groups in total. The number of aldehydes is 1. The molecule has 18 heavy (non-hydrogen) atoms. The summed E-state index contributed by atoms with van der Waals surface area (Å²) in [4.78, 5) is 11.8. The highest BCUT2D eigenvalue weighted by Gasteiger charge is 2.08. The van der Waals surface area contributed by atoms with Crippen molar-refractivity contribution in [3.05, 3.63) is 54.2 Å². The van der Waals surface area contributed by atoms with Crippen LogP contribution >= 0.6 is 11.8 Å². The second kappa shape index (κ2) is 4.62. The Balaban J connectivity index is 2.04. The smallest absolute Gasteiger partial charge is 0.200 e. The van der Waals surface area contributed by atoms with Gasteiger partial charge in [-0.05, 0) is 30.0 Å². The molecule has 0 radical (unpaired) electrons. The maximum absolute atomic E-state index is 11.0. The normalized spacial score (nSPS) is 10.7. The Morgan fingerprint density at radius 1 is 1.06 bits per heavy atom. The Morgan fingerprint density at radius 2 is 1.89 bits per heavy atom. The lowest BCUT2D eigenvalue weighted by Gasteiger charge is -2.02. The van der Waals surface area contributed by atoms with E-state index in [-0.39, 0.29) is 0 Å². The second-order valence-corrected chi connectivity index (χ2v) is 4.68. The molecular weight excluding hydrogens is 246 g/mol. The molecule has 0 amide bonds. The summed E-state index contributed by atoms with van der Waals surface area (Å²) in [6, 6.07) is 13.2. The third-order valence-electron chi connectivity index (χ3n) is 2.53. The Morgan fingerprint density at radius 3 is 2.78 bits per heavy atom. The van der Waals surface area contributed by atoms with E-state index >= 15 is 0 Å². The lowest BCUT2D eigenvalue weighted by atomic mass is 10.2. The molecule has 1 aromatic carbocycles. The first-order valence-corrected chi connectivity index (χ1v) is 6.22. The number of fused-ring (bicyclic) bond motifs is 1. The standard InChI is InChI=1S/C13H9N3OS/c17-9-10-5-1-2-6-11(10)18-13-15-14-12-7-3-4-8-16(12)13/h1-9H. The van der Waals surface area contributed by atoms with Crippen molar-refractivity contribution in [2.24, 2.45) is 0 Å².